The lowest BCUT2D eigenvalue weighted by molar-refractivity contribution is 0.104. The van der Waals surface area contributed by atoms with Gasteiger partial charge in [0.25, 0.3) is 0 Å². The smallest absolute Gasteiger partial charge is 0.168 e. The van der Waals surface area contributed by atoms with Gasteiger partial charge in [0.05, 0.1) is 12.2 Å². The Labute approximate surface area is 115 Å². The predicted molar refractivity (Wildman–Crippen MR) is 74.7 cm³/mol. The van der Waals surface area contributed by atoms with Gasteiger partial charge in [-0.2, -0.15) is 0 Å². The van der Waals surface area contributed by atoms with E-state index in [1.165, 1.54) is 12.1 Å². The van der Waals surface area contributed by atoms with Gasteiger partial charge in [0, 0.05) is 11.1 Å². The average molecular weight is 288 g/mol. The van der Waals surface area contributed by atoms with Crippen molar-refractivity contribution in [3.63, 3.8) is 0 Å². The van der Waals surface area contributed by atoms with Crippen molar-refractivity contribution in [2.24, 2.45) is 0 Å². The minimum Gasteiger partial charge on any atom is -0.414 e. The fourth-order valence-corrected chi connectivity index (χ4v) is 2.60. The molecule has 0 radical (unpaired) electrons. The Morgan fingerprint density at radius 2 is 1.68 bits per heavy atom. The minimum atomic E-state index is -0.992. The Morgan fingerprint density at radius 3 is 2.16 bits per heavy atom. The predicted octanol–water partition coefficient (Wildman–Crippen LogP) is 3.01. The molecule has 5 heteroatoms. The van der Waals surface area contributed by atoms with Gasteiger partial charge in [0.1, 0.15) is 0 Å². The van der Waals surface area contributed by atoms with Gasteiger partial charge in [-0.3, -0.25) is 0 Å². The summed E-state index contributed by atoms with van der Waals surface area (Å²) >= 11 is 0. The summed E-state index contributed by atoms with van der Waals surface area (Å²) in [6.45, 7) is 9.18. The highest BCUT2D eigenvalue weighted by Gasteiger charge is 2.29. The molecule has 0 aliphatic rings. The maximum atomic E-state index is 14.0. The number of benzene rings is 1. The Morgan fingerprint density at radius 1 is 1.11 bits per heavy atom. The van der Waals surface area contributed by atoms with Crippen LogP contribution in [0.1, 0.15) is 45.7 Å². The van der Waals surface area contributed by atoms with Gasteiger partial charge >= 0.3 is 0 Å². The van der Waals surface area contributed by atoms with Gasteiger partial charge in [0.2, 0.25) is 0 Å². The van der Waals surface area contributed by atoms with Crippen LogP contribution >= 0.6 is 0 Å². The van der Waals surface area contributed by atoms with Crippen LogP contribution in [0.15, 0.2) is 12.1 Å². The number of aliphatic hydroxyl groups is 1. The molecular formula is C14H22F2O2Si. The van der Waals surface area contributed by atoms with E-state index in [1.807, 2.05) is 0 Å². The molecule has 0 heterocycles. The summed E-state index contributed by atoms with van der Waals surface area (Å²) in [5, 5.41) is 9.00. The van der Waals surface area contributed by atoms with E-state index in [2.05, 4.69) is 20.8 Å². The molecule has 0 saturated carbocycles. The normalized spacial score (nSPS) is 13.5. The quantitative estimate of drug-likeness (QED) is 0.863. The van der Waals surface area contributed by atoms with Crippen molar-refractivity contribution in [2.75, 3.05) is 0 Å². The largest absolute Gasteiger partial charge is 0.414 e. The van der Waals surface area contributed by atoms with Crippen LogP contribution in [-0.2, 0) is 16.6 Å². The molecule has 0 amide bonds. The van der Waals surface area contributed by atoms with Crippen LogP contribution in [0.5, 0.6) is 0 Å². The Kier molecular flexibility index (Phi) is 4.87. The zero-order valence-corrected chi connectivity index (χ0v) is 13.6. The van der Waals surface area contributed by atoms with E-state index >= 15 is 0 Å². The van der Waals surface area contributed by atoms with E-state index < -0.39 is 33.6 Å². The molecule has 0 saturated heterocycles. The molecular weight excluding hydrogens is 266 g/mol. The molecule has 1 aromatic carbocycles. The summed E-state index contributed by atoms with van der Waals surface area (Å²) in [4.78, 5) is 0. The molecule has 0 unspecified atom stereocenters. The second-order valence-electron chi connectivity index (χ2n) is 6.42. The number of hydrogen-bond acceptors (Lipinski definition) is 2. The number of hydrogen-bond donors (Lipinski definition) is 1. The molecule has 0 aliphatic carbocycles. The van der Waals surface area contributed by atoms with Crippen molar-refractivity contribution in [3.8, 4) is 0 Å². The molecule has 19 heavy (non-hydrogen) atoms. The maximum absolute atomic E-state index is 14.0. The van der Waals surface area contributed by atoms with Gasteiger partial charge < -0.3 is 9.53 Å². The van der Waals surface area contributed by atoms with Gasteiger partial charge in [-0.05, 0) is 18.9 Å². The lowest BCUT2D eigenvalue weighted by Crippen LogP contribution is -2.29. The summed E-state index contributed by atoms with van der Waals surface area (Å²) in [7, 11) is -0.880. The number of halogens is 2. The zero-order chi connectivity index (χ0) is 14.8. The zero-order valence-electron chi connectivity index (χ0n) is 12.2. The summed E-state index contributed by atoms with van der Waals surface area (Å²) in [5.41, 5.74) is -0.706. The van der Waals surface area contributed by atoms with E-state index in [0.717, 1.165) is 0 Å². The van der Waals surface area contributed by atoms with E-state index in [0.29, 0.717) is 0 Å². The molecule has 0 aromatic heterocycles. The van der Waals surface area contributed by atoms with Crippen LogP contribution in [0, 0.1) is 11.6 Å². The molecule has 0 spiro atoms. The topological polar surface area (TPSA) is 29.5 Å². The average Bonchev–Trinajstić information content (AvgIpc) is 2.29. The van der Waals surface area contributed by atoms with Gasteiger partial charge in [0.15, 0.2) is 21.4 Å². The highest BCUT2D eigenvalue weighted by atomic mass is 28.2. The van der Waals surface area contributed by atoms with Crippen LogP contribution in [0.4, 0.5) is 8.78 Å². The van der Waals surface area contributed by atoms with Crippen LogP contribution in [0.3, 0.4) is 0 Å². The lowest BCUT2D eigenvalue weighted by Gasteiger charge is -2.31. The summed E-state index contributed by atoms with van der Waals surface area (Å²) in [6, 6.07) is 2.89. The van der Waals surface area contributed by atoms with Gasteiger partial charge in [-0.1, -0.05) is 32.9 Å². The van der Waals surface area contributed by atoms with Crippen LogP contribution in [-0.4, -0.2) is 14.9 Å². The molecule has 0 atom stereocenters. The first-order valence-electron chi connectivity index (χ1n) is 6.30. The fraction of sp³-hybridized carbons (Fsp3) is 0.571. The standard InChI is InChI=1S/C14H22F2O2Si/c1-13(2,3)19-18-14(4,5)10-7-6-9(8-17)11(15)12(10)16/h6-7,17H,8,19H2,1-5H3. The third-order valence-electron chi connectivity index (χ3n) is 2.85. The van der Waals surface area contributed by atoms with Crippen molar-refractivity contribution in [3.05, 3.63) is 34.9 Å². The van der Waals surface area contributed by atoms with E-state index in [1.54, 1.807) is 13.8 Å². The highest BCUT2D eigenvalue weighted by Crippen LogP contribution is 2.32. The highest BCUT2D eigenvalue weighted by molar-refractivity contribution is 6.31. The van der Waals surface area contributed by atoms with Crippen molar-refractivity contribution in [2.45, 2.75) is 51.9 Å². The summed E-state index contributed by atoms with van der Waals surface area (Å²) in [5.74, 6) is -1.92. The first-order chi connectivity index (χ1) is 8.58. The molecule has 0 bridgehead atoms. The van der Waals surface area contributed by atoms with E-state index in [9.17, 15) is 8.78 Å². The number of rotatable bonds is 4. The first kappa shape index (κ1) is 16.3. The first-order valence-corrected chi connectivity index (χ1v) is 7.59. The second-order valence-corrected chi connectivity index (χ2v) is 9.12. The fourth-order valence-electron chi connectivity index (χ4n) is 1.65. The summed E-state index contributed by atoms with van der Waals surface area (Å²) < 4.78 is 33.6. The van der Waals surface area contributed by atoms with Crippen molar-refractivity contribution in [1.82, 2.24) is 0 Å². The van der Waals surface area contributed by atoms with Crippen molar-refractivity contribution >= 4 is 9.76 Å². The molecule has 1 aromatic rings. The maximum Gasteiger partial charge on any atom is 0.168 e. The van der Waals surface area contributed by atoms with Crippen molar-refractivity contribution in [1.29, 1.82) is 0 Å². The Bertz CT molecular complexity index is 453. The second kappa shape index (κ2) is 5.69. The van der Waals surface area contributed by atoms with Gasteiger partial charge in [-0.25, -0.2) is 8.78 Å². The number of aliphatic hydroxyl groups excluding tert-OH is 1. The third kappa shape index (κ3) is 4.09. The molecule has 108 valence electrons. The Hall–Kier alpha value is -0.783. The minimum absolute atomic E-state index is 0.0369. The SMILES string of the molecule is CC(C)(C)[SiH2]OC(C)(C)c1ccc(CO)c(F)c1F. The third-order valence-corrected chi connectivity index (χ3v) is 4.58. The lowest BCUT2D eigenvalue weighted by atomic mass is 9.96. The van der Waals surface area contributed by atoms with Crippen LogP contribution in [0.2, 0.25) is 5.04 Å². The molecule has 0 aliphatic heterocycles. The summed E-state index contributed by atoms with van der Waals surface area (Å²) in [6.07, 6.45) is 0. The molecule has 1 rings (SSSR count). The van der Waals surface area contributed by atoms with Crippen LogP contribution < -0.4 is 0 Å². The molecule has 0 fully saturated rings. The molecule has 1 N–H and O–H groups in total. The van der Waals surface area contributed by atoms with Crippen LogP contribution in [0.25, 0.3) is 0 Å². The molecule has 2 nitrogen and oxygen atoms in total. The van der Waals surface area contributed by atoms with E-state index in [4.69, 9.17) is 9.53 Å². The van der Waals surface area contributed by atoms with Crippen molar-refractivity contribution < 1.29 is 18.3 Å². The monoisotopic (exact) mass is 288 g/mol. The van der Waals surface area contributed by atoms with E-state index in [-0.39, 0.29) is 16.2 Å². The van der Waals surface area contributed by atoms with Gasteiger partial charge in [-0.15, -0.1) is 0 Å². The Balaban J connectivity index is 3.05.